The highest BCUT2D eigenvalue weighted by Crippen LogP contribution is 2.25. The molecule has 1 atom stereocenters. The van der Waals surface area contributed by atoms with Gasteiger partial charge in [-0.05, 0) is 42.9 Å². The van der Waals surface area contributed by atoms with E-state index in [-0.39, 0.29) is 17.4 Å². The third-order valence-corrected chi connectivity index (χ3v) is 6.06. The van der Waals surface area contributed by atoms with Crippen molar-refractivity contribution in [2.45, 2.75) is 131 Å². The van der Waals surface area contributed by atoms with Crippen LogP contribution in [0.1, 0.15) is 131 Å². The molecule has 0 amide bonds. The molecule has 0 saturated carbocycles. The van der Waals surface area contributed by atoms with Crippen molar-refractivity contribution in [2.24, 2.45) is 17.3 Å². The van der Waals surface area contributed by atoms with Crippen molar-refractivity contribution >= 4 is 11.9 Å². The fraction of sp³-hybridized carbons (Fsp3) is 0.926. The molecule has 0 aliphatic carbocycles. The van der Waals surface area contributed by atoms with E-state index in [0.29, 0.717) is 37.9 Å². The molecule has 31 heavy (non-hydrogen) atoms. The second-order valence-corrected chi connectivity index (χ2v) is 10.5. The molecule has 0 aromatic carbocycles. The number of hydrogen-bond acceptors (Lipinski definition) is 4. The highest BCUT2D eigenvalue weighted by molar-refractivity contribution is 5.69. The number of ether oxygens (including phenoxy) is 2. The van der Waals surface area contributed by atoms with Gasteiger partial charge in [-0.3, -0.25) is 9.59 Å². The number of unbranched alkanes of at least 4 members (excludes halogenated alkanes) is 6. The van der Waals surface area contributed by atoms with Crippen LogP contribution in [0.2, 0.25) is 0 Å². The van der Waals surface area contributed by atoms with Gasteiger partial charge in [0.15, 0.2) is 0 Å². The van der Waals surface area contributed by atoms with Crippen LogP contribution < -0.4 is 0 Å². The maximum absolute atomic E-state index is 12.0. The van der Waals surface area contributed by atoms with E-state index in [1.807, 2.05) is 0 Å². The van der Waals surface area contributed by atoms with Crippen molar-refractivity contribution in [3.05, 3.63) is 0 Å². The van der Waals surface area contributed by atoms with Crippen LogP contribution in [0.3, 0.4) is 0 Å². The highest BCUT2D eigenvalue weighted by atomic mass is 16.5. The molecule has 0 N–H and O–H groups in total. The standard InChI is InChI=1S/C27H52O4/c1-7-9-16-24(8-2)21-30-25(28)17-14-12-10-11-13-15-18-26(29)31-22-27(5,6)20-19-23(3)4/h23-24H,7-22H2,1-6H3. The lowest BCUT2D eigenvalue weighted by molar-refractivity contribution is -0.147. The molecule has 0 bridgehead atoms. The molecule has 4 nitrogen and oxygen atoms in total. The van der Waals surface area contributed by atoms with E-state index in [4.69, 9.17) is 9.47 Å². The number of carbonyl (C=O) groups excluding carboxylic acids is 2. The van der Waals surface area contributed by atoms with E-state index in [2.05, 4.69) is 41.5 Å². The maximum atomic E-state index is 12.0. The Morgan fingerprint density at radius 1 is 0.774 bits per heavy atom. The quantitative estimate of drug-likeness (QED) is 0.143. The van der Waals surface area contributed by atoms with Crippen molar-refractivity contribution in [1.29, 1.82) is 0 Å². The molecule has 0 rings (SSSR count). The van der Waals surface area contributed by atoms with Gasteiger partial charge in [0.2, 0.25) is 0 Å². The molecule has 184 valence electrons. The van der Waals surface area contributed by atoms with E-state index in [1.165, 1.54) is 19.3 Å². The molecule has 4 heteroatoms. The van der Waals surface area contributed by atoms with Crippen LogP contribution >= 0.6 is 0 Å². The third kappa shape index (κ3) is 19.4. The zero-order valence-corrected chi connectivity index (χ0v) is 21.6. The molecule has 0 heterocycles. The van der Waals surface area contributed by atoms with Gasteiger partial charge >= 0.3 is 11.9 Å². The first kappa shape index (κ1) is 29.9. The van der Waals surface area contributed by atoms with Crippen LogP contribution in [0.15, 0.2) is 0 Å². The summed E-state index contributed by atoms with van der Waals surface area (Å²) >= 11 is 0. The first-order chi connectivity index (χ1) is 14.7. The fourth-order valence-corrected chi connectivity index (χ4v) is 3.53. The molecule has 0 aromatic heterocycles. The molecular weight excluding hydrogens is 388 g/mol. The summed E-state index contributed by atoms with van der Waals surface area (Å²) in [6.07, 6.45) is 14.1. The second kappa shape index (κ2) is 18.5. The van der Waals surface area contributed by atoms with Gasteiger partial charge in [0.05, 0.1) is 13.2 Å². The topological polar surface area (TPSA) is 52.6 Å². The van der Waals surface area contributed by atoms with Crippen LogP contribution in [0.5, 0.6) is 0 Å². The van der Waals surface area contributed by atoms with Gasteiger partial charge < -0.3 is 9.47 Å². The van der Waals surface area contributed by atoms with Crippen LogP contribution in [0.25, 0.3) is 0 Å². The summed E-state index contributed by atoms with van der Waals surface area (Å²) in [7, 11) is 0. The van der Waals surface area contributed by atoms with Crippen LogP contribution in [0, 0.1) is 17.3 Å². The highest BCUT2D eigenvalue weighted by Gasteiger charge is 2.20. The lowest BCUT2D eigenvalue weighted by atomic mass is 9.86. The Morgan fingerprint density at radius 3 is 1.84 bits per heavy atom. The minimum Gasteiger partial charge on any atom is -0.465 e. The molecule has 0 aromatic rings. The smallest absolute Gasteiger partial charge is 0.305 e. The number of carbonyl (C=O) groups is 2. The van der Waals surface area contributed by atoms with Gasteiger partial charge in [-0.1, -0.05) is 92.9 Å². The Hall–Kier alpha value is -1.06. The average Bonchev–Trinajstić information content (AvgIpc) is 2.73. The first-order valence-electron chi connectivity index (χ1n) is 13.0. The third-order valence-electron chi connectivity index (χ3n) is 6.06. The molecule has 0 saturated heterocycles. The van der Waals surface area contributed by atoms with E-state index in [1.54, 1.807) is 0 Å². The summed E-state index contributed by atoms with van der Waals surface area (Å²) in [5.74, 6) is 1.09. The van der Waals surface area contributed by atoms with Crippen molar-refractivity contribution in [3.63, 3.8) is 0 Å². The lowest BCUT2D eigenvalue weighted by Crippen LogP contribution is -2.22. The summed E-state index contributed by atoms with van der Waals surface area (Å²) in [5.41, 5.74) is 0.0635. The lowest BCUT2D eigenvalue weighted by Gasteiger charge is -2.25. The van der Waals surface area contributed by atoms with Crippen LogP contribution in [0.4, 0.5) is 0 Å². The summed E-state index contributed by atoms with van der Waals surface area (Å²) in [6, 6.07) is 0. The molecular formula is C27H52O4. The average molecular weight is 441 g/mol. The van der Waals surface area contributed by atoms with E-state index in [0.717, 1.165) is 57.8 Å². The van der Waals surface area contributed by atoms with Crippen LogP contribution in [-0.4, -0.2) is 25.2 Å². The van der Waals surface area contributed by atoms with E-state index in [9.17, 15) is 9.59 Å². The van der Waals surface area contributed by atoms with Gasteiger partial charge in [0, 0.05) is 12.8 Å². The van der Waals surface area contributed by atoms with Crippen molar-refractivity contribution in [1.82, 2.24) is 0 Å². The second-order valence-electron chi connectivity index (χ2n) is 10.5. The Kier molecular flexibility index (Phi) is 17.9. The molecule has 0 spiro atoms. The van der Waals surface area contributed by atoms with Crippen LogP contribution in [-0.2, 0) is 19.1 Å². The van der Waals surface area contributed by atoms with Gasteiger partial charge in [-0.15, -0.1) is 0 Å². The predicted octanol–water partition coefficient (Wildman–Crippen LogP) is 7.87. The van der Waals surface area contributed by atoms with Gasteiger partial charge in [0.25, 0.3) is 0 Å². The predicted molar refractivity (Wildman–Crippen MR) is 130 cm³/mol. The van der Waals surface area contributed by atoms with Gasteiger partial charge in [-0.2, -0.15) is 0 Å². The van der Waals surface area contributed by atoms with Gasteiger partial charge in [-0.25, -0.2) is 0 Å². The molecule has 0 radical (unpaired) electrons. The number of hydrogen-bond donors (Lipinski definition) is 0. The van der Waals surface area contributed by atoms with Crippen molar-refractivity contribution in [2.75, 3.05) is 13.2 Å². The Balaban J connectivity index is 3.62. The monoisotopic (exact) mass is 440 g/mol. The molecule has 0 fully saturated rings. The van der Waals surface area contributed by atoms with Gasteiger partial charge in [0.1, 0.15) is 0 Å². The Bertz CT molecular complexity index is 456. The normalized spacial score (nSPS) is 12.7. The minimum atomic E-state index is -0.0651. The zero-order chi connectivity index (χ0) is 23.5. The summed E-state index contributed by atoms with van der Waals surface area (Å²) < 4.78 is 10.9. The van der Waals surface area contributed by atoms with E-state index >= 15 is 0 Å². The van der Waals surface area contributed by atoms with Crippen molar-refractivity contribution in [3.8, 4) is 0 Å². The fourth-order valence-electron chi connectivity index (χ4n) is 3.53. The largest absolute Gasteiger partial charge is 0.465 e. The number of rotatable bonds is 20. The van der Waals surface area contributed by atoms with Crippen molar-refractivity contribution < 1.29 is 19.1 Å². The molecule has 0 aliphatic rings. The SMILES string of the molecule is CCCCC(CC)COC(=O)CCCCCCCCC(=O)OCC(C)(C)CCC(C)C. The summed E-state index contributed by atoms with van der Waals surface area (Å²) in [4.78, 5) is 23.8. The molecule has 1 unspecified atom stereocenters. The Labute approximate surface area is 193 Å². The zero-order valence-electron chi connectivity index (χ0n) is 21.6. The summed E-state index contributed by atoms with van der Waals surface area (Å²) in [6.45, 7) is 14.3. The summed E-state index contributed by atoms with van der Waals surface area (Å²) in [5, 5.41) is 0. The maximum Gasteiger partial charge on any atom is 0.305 e. The minimum absolute atomic E-state index is 0.0472. The molecule has 0 aliphatic heterocycles. The number of esters is 2. The Morgan fingerprint density at radius 2 is 1.32 bits per heavy atom. The van der Waals surface area contributed by atoms with E-state index < -0.39 is 0 Å². The first-order valence-corrected chi connectivity index (χ1v) is 13.0.